The zero-order valence-corrected chi connectivity index (χ0v) is 17.9. The number of ether oxygens (including phenoxy) is 1. The van der Waals surface area contributed by atoms with Crippen LogP contribution in [-0.4, -0.2) is 28.6 Å². The topological polar surface area (TPSA) is 94.3 Å². The second kappa shape index (κ2) is 8.76. The number of pyridine rings is 1. The molecule has 0 aliphatic carbocycles. The van der Waals surface area contributed by atoms with E-state index in [0.29, 0.717) is 33.0 Å². The molecule has 2 aromatic carbocycles. The summed E-state index contributed by atoms with van der Waals surface area (Å²) in [6, 6.07) is 12.3. The molecule has 2 aromatic heterocycles. The summed E-state index contributed by atoms with van der Waals surface area (Å²) in [4.78, 5) is 29.4. The Bertz CT molecular complexity index is 1340. The number of fused-ring (bicyclic) bond motifs is 1. The molecule has 0 fully saturated rings. The second-order valence-corrected chi connectivity index (χ2v) is 7.52. The van der Waals surface area contributed by atoms with Gasteiger partial charge in [-0.1, -0.05) is 22.8 Å². The van der Waals surface area contributed by atoms with Gasteiger partial charge in [-0.05, 0) is 61.9 Å². The number of amides is 1. The number of nitrogens with one attached hydrogen (secondary N) is 1. The largest absolute Gasteiger partial charge is 0.452 e. The van der Waals surface area contributed by atoms with Crippen LogP contribution in [0.3, 0.4) is 0 Å². The van der Waals surface area contributed by atoms with Gasteiger partial charge in [-0.3, -0.25) is 4.79 Å². The molecule has 1 N–H and O–H groups in total. The van der Waals surface area contributed by atoms with E-state index in [1.807, 2.05) is 6.92 Å². The molecular formula is C23H17ClFN3O4. The fourth-order valence-corrected chi connectivity index (χ4v) is 3.42. The Morgan fingerprint density at radius 3 is 2.59 bits per heavy atom. The third-order valence-electron chi connectivity index (χ3n) is 4.71. The smallest absolute Gasteiger partial charge is 0.339 e. The van der Waals surface area contributed by atoms with Crippen LogP contribution in [0.15, 0.2) is 53.1 Å². The maximum absolute atomic E-state index is 13.3. The summed E-state index contributed by atoms with van der Waals surface area (Å²) in [6.45, 7) is 3.01. The molecule has 9 heteroatoms. The monoisotopic (exact) mass is 453 g/mol. The van der Waals surface area contributed by atoms with Crippen molar-refractivity contribution in [3.8, 4) is 11.3 Å². The van der Waals surface area contributed by atoms with E-state index in [1.54, 1.807) is 25.1 Å². The summed E-state index contributed by atoms with van der Waals surface area (Å²) in [6.07, 6.45) is 0. The van der Waals surface area contributed by atoms with E-state index < -0.39 is 24.3 Å². The predicted molar refractivity (Wildman–Crippen MR) is 117 cm³/mol. The number of aryl methyl sites for hydroxylation is 2. The SMILES string of the molecule is Cc1ccc(NC(=O)COC(=O)c2cc(-c3ccc(F)cc3)nc3onc(C)c23)c(Cl)c1. The number of nitrogens with zero attached hydrogens (tertiary/aromatic N) is 2. The fraction of sp³-hybridized carbons (Fsp3) is 0.130. The van der Waals surface area contributed by atoms with E-state index in [0.717, 1.165) is 5.56 Å². The minimum atomic E-state index is -0.753. The lowest BCUT2D eigenvalue weighted by Crippen LogP contribution is -2.21. The molecule has 4 rings (SSSR count). The quantitative estimate of drug-likeness (QED) is 0.423. The Morgan fingerprint density at radius 1 is 1.12 bits per heavy atom. The third kappa shape index (κ3) is 4.45. The van der Waals surface area contributed by atoms with Gasteiger partial charge in [0.25, 0.3) is 11.6 Å². The highest BCUT2D eigenvalue weighted by atomic mass is 35.5. The summed E-state index contributed by atoms with van der Waals surface area (Å²) in [5.74, 6) is -1.70. The summed E-state index contributed by atoms with van der Waals surface area (Å²) < 4.78 is 23.7. The van der Waals surface area contributed by atoms with E-state index in [2.05, 4.69) is 15.5 Å². The number of hydrogen-bond donors (Lipinski definition) is 1. The van der Waals surface area contributed by atoms with Gasteiger partial charge >= 0.3 is 5.97 Å². The van der Waals surface area contributed by atoms with Crippen molar-refractivity contribution >= 4 is 40.3 Å². The third-order valence-corrected chi connectivity index (χ3v) is 5.02. The number of esters is 1. The second-order valence-electron chi connectivity index (χ2n) is 7.12. The molecule has 0 bridgehead atoms. The summed E-state index contributed by atoms with van der Waals surface area (Å²) in [5.41, 5.74) is 3.02. The summed E-state index contributed by atoms with van der Waals surface area (Å²) in [7, 11) is 0. The van der Waals surface area contributed by atoms with Crippen LogP contribution in [0.4, 0.5) is 10.1 Å². The van der Waals surface area contributed by atoms with Gasteiger partial charge in [-0.25, -0.2) is 14.2 Å². The van der Waals surface area contributed by atoms with E-state index >= 15 is 0 Å². The van der Waals surface area contributed by atoms with Gasteiger partial charge < -0.3 is 14.6 Å². The first-order chi connectivity index (χ1) is 15.3. The number of carbonyl (C=O) groups is 2. The van der Waals surface area contributed by atoms with E-state index in [-0.39, 0.29) is 11.3 Å². The van der Waals surface area contributed by atoms with Gasteiger partial charge in [-0.15, -0.1) is 0 Å². The normalized spacial score (nSPS) is 10.9. The van der Waals surface area contributed by atoms with E-state index in [1.165, 1.54) is 30.3 Å². The molecule has 2 heterocycles. The van der Waals surface area contributed by atoms with Crippen LogP contribution in [0.2, 0.25) is 5.02 Å². The van der Waals surface area contributed by atoms with Gasteiger partial charge in [-0.2, -0.15) is 0 Å². The Labute approximate surface area is 187 Å². The van der Waals surface area contributed by atoms with Crippen molar-refractivity contribution in [3.63, 3.8) is 0 Å². The van der Waals surface area contributed by atoms with Gasteiger partial charge in [0.2, 0.25) is 0 Å². The van der Waals surface area contributed by atoms with Crippen molar-refractivity contribution in [2.24, 2.45) is 0 Å². The molecule has 0 saturated carbocycles. The van der Waals surface area contributed by atoms with Crippen LogP contribution in [0.1, 0.15) is 21.6 Å². The van der Waals surface area contributed by atoms with Crippen molar-refractivity contribution in [1.82, 2.24) is 10.1 Å². The van der Waals surface area contributed by atoms with Crippen molar-refractivity contribution in [2.45, 2.75) is 13.8 Å². The lowest BCUT2D eigenvalue weighted by molar-refractivity contribution is -0.119. The molecule has 0 atom stereocenters. The molecule has 0 spiro atoms. The number of anilines is 1. The van der Waals surface area contributed by atoms with Gasteiger partial charge in [0.1, 0.15) is 5.82 Å². The van der Waals surface area contributed by atoms with Crippen LogP contribution in [0, 0.1) is 19.7 Å². The minimum absolute atomic E-state index is 0.132. The Morgan fingerprint density at radius 2 is 1.88 bits per heavy atom. The zero-order chi connectivity index (χ0) is 22.8. The number of aromatic nitrogens is 2. The average Bonchev–Trinajstić information content (AvgIpc) is 3.14. The molecule has 7 nitrogen and oxygen atoms in total. The molecule has 0 radical (unpaired) electrons. The zero-order valence-electron chi connectivity index (χ0n) is 17.1. The number of rotatable bonds is 5. The molecule has 0 unspecified atom stereocenters. The molecule has 32 heavy (non-hydrogen) atoms. The maximum Gasteiger partial charge on any atom is 0.339 e. The van der Waals surface area contributed by atoms with Crippen LogP contribution >= 0.6 is 11.6 Å². The van der Waals surface area contributed by atoms with Gasteiger partial charge in [0.15, 0.2) is 6.61 Å². The fourth-order valence-electron chi connectivity index (χ4n) is 3.14. The van der Waals surface area contributed by atoms with E-state index in [9.17, 15) is 14.0 Å². The molecular weight excluding hydrogens is 437 g/mol. The van der Waals surface area contributed by atoms with Crippen LogP contribution in [-0.2, 0) is 9.53 Å². The molecule has 0 aliphatic rings. The molecule has 4 aromatic rings. The molecule has 1 amide bonds. The highest BCUT2D eigenvalue weighted by Gasteiger charge is 2.21. The van der Waals surface area contributed by atoms with Crippen LogP contribution < -0.4 is 5.32 Å². The van der Waals surface area contributed by atoms with E-state index in [4.69, 9.17) is 20.9 Å². The number of halogens is 2. The maximum atomic E-state index is 13.3. The van der Waals surface area contributed by atoms with Crippen molar-refractivity contribution in [3.05, 3.63) is 76.2 Å². The van der Waals surface area contributed by atoms with Crippen LogP contribution in [0.25, 0.3) is 22.4 Å². The number of hydrogen-bond acceptors (Lipinski definition) is 6. The van der Waals surface area contributed by atoms with Crippen LogP contribution in [0.5, 0.6) is 0 Å². The first-order valence-corrected chi connectivity index (χ1v) is 9.95. The molecule has 0 aliphatic heterocycles. The lowest BCUT2D eigenvalue weighted by atomic mass is 10.1. The van der Waals surface area contributed by atoms with Crippen molar-refractivity contribution < 1.29 is 23.2 Å². The first kappa shape index (κ1) is 21.5. The molecule has 162 valence electrons. The average molecular weight is 454 g/mol. The highest BCUT2D eigenvalue weighted by Crippen LogP contribution is 2.28. The van der Waals surface area contributed by atoms with Gasteiger partial charge in [0.05, 0.1) is 33.0 Å². The highest BCUT2D eigenvalue weighted by molar-refractivity contribution is 6.33. The van der Waals surface area contributed by atoms with Crippen molar-refractivity contribution in [2.75, 3.05) is 11.9 Å². The number of carbonyl (C=O) groups excluding carboxylic acids is 2. The summed E-state index contributed by atoms with van der Waals surface area (Å²) in [5, 5.41) is 7.22. The first-order valence-electron chi connectivity index (χ1n) is 9.58. The summed E-state index contributed by atoms with van der Waals surface area (Å²) >= 11 is 6.12. The minimum Gasteiger partial charge on any atom is -0.452 e. The molecule has 0 saturated heterocycles. The standard InChI is InChI=1S/C23H17ClFN3O4/c1-12-3-8-18(17(24)9-12)26-20(29)11-31-23(30)16-10-19(14-4-6-15(25)7-5-14)27-22-21(16)13(2)28-32-22/h3-10H,11H2,1-2H3,(H,26,29). The van der Waals surface area contributed by atoms with Crippen molar-refractivity contribution in [1.29, 1.82) is 0 Å². The lowest BCUT2D eigenvalue weighted by Gasteiger charge is -2.10. The predicted octanol–water partition coefficient (Wildman–Crippen LogP) is 5.09. The Balaban J connectivity index is 1.56. The number of benzene rings is 2. The Hall–Kier alpha value is -3.78. The van der Waals surface area contributed by atoms with Gasteiger partial charge in [0, 0.05) is 5.56 Å². The Kier molecular flexibility index (Phi) is 5.87.